The van der Waals surface area contributed by atoms with E-state index >= 15 is 0 Å². The summed E-state index contributed by atoms with van der Waals surface area (Å²) in [5, 5.41) is 0. The first-order chi connectivity index (χ1) is 10.1. The lowest BCUT2D eigenvalue weighted by Gasteiger charge is -2.23. The highest BCUT2D eigenvalue weighted by molar-refractivity contribution is 5.96. The molecule has 1 saturated carbocycles. The maximum atomic E-state index is 11.6. The molecule has 1 fully saturated rings. The lowest BCUT2D eigenvalue weighted by atomic mass is 10.1. The van der Waals surface area contributed by atoms with Crippen LogP contribution < -0.4 is 4.74 Å². The number of benzene rings is 1. The first-order valence-corrected chi connectivity index (χ1v) is 8.04. The van der Waals surface area contributed by atoms with Crippen LogP contribution in [0.2, 0.25) is 0 Å². The third-order valence-electron chi connectivity index (χ3n) is 3.96. The third kappa shape index (κ3) is 5.16. The minimum atomic E-state index is 0.0597. The van der Waals surface area contributed by atoms with Gasteiger partial charge in [0.25, 0.3) is 0 Å². The number of Topliss-reactive ketones (excluding diaryl/α,β-unsaturated/α-hetero) is 1. The van der Waals surface area contributed by atoms with Crippen LogP contribution in [-0.4, -0.2) is 36.4 Å². The molecule has 0 radical (unpaired) electrons. The molecule has 0 saturated heterocycles. The summed E-state index contributed by atoms with van der Waals surface area (Å²) in [5.74, 6) is 1.51. The summed E-state index contributed by atoms with van der Waals surface area (Å²) in [7, 11) is 0. The smallest absolute Gasteiger partial charge is 0.163 e. The van der Waals surface area contributed by atoms with Gasteiger partial charge in [0.1, 0.15) is 12.4 Å². The largest absolute Gasteiger partial charge is 0.491 e. The van der Waals surface area contributed by atoms with Crippen molar-refractivity contribution in [3.8, 4) is 5.75 Å². The maximum Gasteiger partial charge on any atom is 0.163 e. The fraction of sp³-hybridized carbons (Fsp3) is 0.611. The van der Waals surface area contributed by atoms with Crippen LogP contribution in [0.4, 0.5) is 0 Å². The highest BCUT2D eigenvalue weighted by Gasteiger charge is 2.28. The Kier molecular flexibility index (Phi) is 5.80. The number of hydrogen-bond donors (Lipinski definition) is 0. The Labute approximate surface area is 128 Å². The van der Waals surface area contributed by atoms with Crippen LogP contribution in [0.5, 0.6) is 5.75 Å². The molecule has 1 aliphatic rings. The van der Waals surface area contributed by atoms with Crippen molar-refractivity contribution < 1.29 is 9.53 Å². The molecule has 1 aromatic rings. The van der Waals surface area contributed by atoms with Gasteiger partial charge >= 0.3 is 0 Å². The number of carbonyl (C=O) groups is 1. The molecular weight excluding hydrogens is 262 g/mol. The van der Waals surface area contributed by atoms with Crippen LogP contribution >= 0.6 is 0 Å². The summed E-state index contributed by atoms with van der Waals surface area (Å²) in [6, 6.07) is 8.26. The standard InChI is InChI=1S/C18H27NO2/c1-14(2)10-11-19(16-8-9-16)12-13-21-18-7-5-4-6-17(18)15(3)20/h4-7,14,16H,8-13H2,1-3H3. The van der Waals surface area contributed by atoms with E-state index in [2.05, 4.69) is 18.7 Å². The van der Waals surface area contributed by atoms with Gasteiger partial charge in [0.05, 0.1) is 5.56 Å². The molecule has 0 spiro atoms. The Morgan fingerprint density at radius 2 is 2.00 bits per heavy atom. The quantitative estimate of drug-likeness (QED) is 0.648. The van der Waals surface area contributed by atoms with E-state index in [0.29, 0.717) is 17.9 Å². The molecule has 3 nitrogen and oxygen atoms in total. The van der Waals surface area contributed by atoms with Gasteiger partial charge in [0, 0.05) is 12.6 Å². The van der Waals surface area contributed by atoms with Gasteiger partial charge in [-0.1, -0.05) is 26.0 Å². The van der Waals surface area contributed by atoms with Crippen LogP contribution in [0.25, 0.3) is 0 Å². The number of hydrogen-bond acceptors (Lipinski definition) is 3. The molecule has 2 rings (SSSR count). The number of nitrogens with zero attached hydrogens (tertiary/aromatic N) is 1. The van der Waals surface area contributed by atoms with E-state index in [1.807, 2.05) is 24.3 Å². The zero-order valence-corrected chi connectivity index (χ0v) is 13.5. The third-order valence-corrected chi connectivity index (χ3v) is 3.96. The molecule has 3 heteroatoms. The minimum Gasteiger partial charge on any atom is -0.491 e. The zero-order chi connectivity index (χ0) is 15.2. The fourth-order valence-corrected chi connectivity index (χ4v) is 2.50. The summed E-state index contributed by atoms with van der Waals surface area (Å²) in [6.45, 7) is 8.87. The summed E-state index contributed by atoms with van der Waals surface area (Å²) >= 11 is 0. The van der Waals surface area contributed by atoms with Gasteiger partial charge < -0.3 is 4.74 Å². The molecule has 0 aliphatic heterocycles. The molecule has 21 heavy (non-hydrogen) atoms. The first-order valence-electron chi connectivity index (χ1n) is 8.04. The summed E-state index contributed by atoms with van der Waals surface area (Å²) in [6.07, 6.45) is 3.88. The Morgan fingerprint density at radius 3 is 2.62 bits per heavy atom. The van der Waals surface area contributed by atoms with E-state index in [-0.39, 0.29) is 5.78 Å². The van der Waals surface area contributed by atoms with Crippen LogP contribution in [0.3, 0.4) is 0 Å². The lowest BCUT2D eigenvalue weighted by Crippen LogP contribution is -2.32. The van der Waals surface area contributed by atoms with Crippen molar-refractivity contribution in [3.05, 3.63) is 29.8 Å². The van der Waals surface area contributed by atoms with Crippen molar-refractivity contribution in [3.63, 3.8) is 0 Å². The molecule has 116 valence electrons. The summed E-state index contributed by atoms with van der Waals surface area (Å²) in [5.41, 5.74) is 0.678. The predicted octanol–water partition coefficient (Wildman–Crippen LogP) is 3.78. The number of para-hydroxylation sites is 1. The Balaban J connectivity index is 1.83. The summed E-state index contributed by atoms with van der Waals surface area (Å²) in [4.78, 5) is 14.1. The van der Waals surface area contributed by atoms with E-state index < -0.39 is 0 Å². The number of ether oxygens (including phenoxy) is 1. The van der Waals surface area contributed by atoms with Crippen LogP contribution in [0.1, 0.15) is 50.4 Å². The molecular formula is C18H27NO2. The highest BCUT2D eigenvalue weighted by Crippen LogP contribution is 2.27. The Hall–Kier alpha value is -1.35. The average Bonchev–Trinajstić information content (AvgIpc) is 3.27. The van der Waals surface area contributed by atoms with Gasteiger partial charge in [-0.05, 0) is 50.8 Å². The first kappa shape index (κ1) is 16.0. The fourth-order valence-electron chi connectivity index (χ4n) is 2.50. The van der Waals surface area contributed by atoms with E-state index in [1.54, 1.807) is 6.92 Å². The van der Waals surface area contributed by atoms with Gasteiger partial charge in [0.2, 0.25) is 0 Å². The summed E-state index contributed by atoms with van der Waals surface area (Å²) < 4.78 is 5.85. The topological polar surface area (TPSA) is 29.5 Å². The van der Waals surface area contributed by atoms with Crippen molar-refractivity contribution in [1.29, 1.82) is 0 Å². The van der Waals surface area contributed by atoms with E-state index in [0.717, 1.165) is 25.0 Å². The highest BCUT2D eigenvalue weighted by atomic mass is 16.5. The van der Waals surface area contributed by atoms with Gasteiger partial charge in [-0.15, -0.1) is 0 Å². The molecule has 0 bridgehead atoms. The molecule has 1 aromatic carbocycles. The van der Waals surface area contributed by atoms with Crippen molar-refractivity contribution >= 4 is 5.78 Å². The Bertz CT molecular complexity index is 466. The molecule has 0 atom stereocenters. The second kappa shape index (κ2) is 7.60. The van der Waals surface area contributed by atoms with Crippen LogP contribution in [0.15, 0.2) is 24.3 Å². The minimum absolute atomic E-state index is 0.0597. The SMILES string of the molecule is CC(=O)c1ccccc1OCCN(CCC(C)C)C1CC1. The van der Waals surface area contributed by atoms with Crippen molar-refractivity contribution in [2.45, 2.75) is 46.1 Å². The molecule has 0 aromatic heterocycles. The van der Waals surface area contributed by atoms with E-state index in [9.17, 15) is 4.79 Å². The maximum absolute atomic E-state index is 11.6. The molecule has 1 aliphatic carbocycles. The normalized spacial score (nSPS) is 14.7. The van der Waals surface area contributed by atoms with Crippen molar-refractivity contribution in [1.82, 2.24) is 4.90 Å². The zero-order valence-electron chi connectivity index (χ0n) is 13.5. The Morgan fingerprint density at radius 1 is 1.29 bits per heavy atom. The molecule has 0 N–H and O–H groups in total. The van der Waals surface area contributed by atoms with Crippen LogP contribution in [-0.2, 0) is 0 Å². The van der Waals surface area contributed by atoms with Gasteiger partial charge in [-0.2, -0.15) is 0 Å². The van der Waals surface area contributed by atoms with Crippen molar-refractivity contribution in [2.75, 3.05) is 19.7 Å². The van der Waals surface area contributed by atoms with Gasteiger partial charge in [0.15, 0.2) is 5.78 Å². The number of carbonyl (C=O) groups excluding carboxylic acids is 1. The monoisotopic (exact) mass is 289 g/mol. The van der Waals surface area contributed by atoms with E-state index in [4.69, 9.17) is 4.74 Å². The lowest BCUT2D eigenvalue weighted by molar-refractivity contribution is 0.101. The van der Waals surface area contributed by atoms with Gasteiger partial charge in [-0.3, -0.25) is 9.69 Å². The van der Waals surface area contributed by atoms with Gasteiger partial charge in [-0.25, -0.2) is 0 Å². The number of rotatable bonds is 9. The molecule has 0 heterocycles. The predicted molar refractivity (Wildman–Crippen MR) is 86.0 cm³/mol. The molecule has 0 unspecified atom stereocenters. The second-order valence-corrected chi connectivity index (χ2v) is 6.35. The number of ketones is 1. The molecule has 0 amide bonds. The van der Waals surface area contributed by atoms with Crippen molar-refractivity contribution in [2.24, 2.45) is 5.92 Å². The average molecular weight is 289 g/mol. The second-order valence-electron chi connectivity index (χ2n) is 6.35. The van der Waals surface area contributed by atoms with Crippen LogP contribution in [0, 0.1) is 5.92 Å². The van der Waals surface area contributed by atoms with E-state index in [1.165, 1.54) is 19.3 Å².